The second-order valence-electron chi connectivity index (χ2n) is 6.81. The van der Waals surface area contributed by atoms with Gasteiger partial charge in [-0.05, 0) is 44.4 Å². The zero-order valence-corrected chi connectivity index (χ0v) is 14.3. The summed E-state index contributed by atoms with van der Waals surface area (Å²) in [7, 11) is -3.07. The topological polar surface area (TPSA) is 55.4 Å². The molecule has 0 aromatic rings. The van der Waals surface area contributed by atoms with Gasteiger partial charge in [0, 0.05) is 32.6 Å². The van der Waals surface area contributed by atoms with Crippen LogP contribution in [0.2, 0.25) is 0 Å². The van der Waals surface area contributed by atoms with Gasteiger partial charge in [-0.2, -0.15) is 0 Å². The third kappa shape index (κ3) is 3.88. The SMILES string of the molecule is CC1=CCC[C@@H](C)[C@H]1CNCC1(S(C)(=O)=O)CCOCC1. The van der Waals surface area contributed by atoms with E-state index in [2.05, 4.69) is 25.2 Å². The van der Waals surface area contributed by atoms with Crippen LogP contribution < -0.4 is 5.32 Å². The van der Waals surface area contributed by atoms with E-state index in [9.17, 15) is 8.42 Å². The molecule has 0 aromatic heterocycles. The molecule has 21 heavy (non-hydrogen) atoms. The first kappa shape index (κ1) is 17.0. The summed E-state index contributed by atoms with van der Waals surface area (Å²) in [4.78, 5) is 0. The van der Waals surface area contributed by atoms with Crippen LogP contribution in [0.3, 0.4) is 0 Å². The highest BCUT2D eigenvalue weighted by Crippen LogP contribution is 2.31. The molecule has 1 aliphatic heterocycles. The number of ether oxygens (including phenoxy) is 1. The summed E-state index contributed by atoms with van der Waals surface area (Å²) in [6.45, 7) is 7.01. The summed E-state index contributed by atoms with van der Waals surface area (Å²) in [5.74, 6) is 1.21. The quantitative estimate of drug-likeness (QED) is 0.790. The van der Waals surface area contributed by atoms with Crippen LogP contribution in [0.4, 0.5) is 0 Å². The van der Waals surface area contributed by atoms with E-state index >= 15 is 0 Å². The first-order chi connectivity index (χ1) is 9.86. The molecular weight excluding hydrogens is 286 g/mol. The lowest BCUT2D eigenvalue weighted by molar-refractivity contribution is 0.0742. The van der Waals surface area contributed by atoms with E-state index in [1.807, 2.05) is 0 Å². The number of sulfone groups is 1. The van der Waals surface area contributed by atoms with Crippen LogP contribution in [0.5, 0.6) is 0 Å². The fourth-order valence-electron chi connectivity index (χ4n) is 3.61. The Bertz CT molecular complexity index is 478. The third-order valence-corrected chi connectivity index (χ3v) is 7.49. The van der Waals surface area contributed by atoms with Gasteiger partial charge in [0.05, 0.1) is 4.75 Å². The minimum Gasteiger partial charge on any atom is -0.381 e. The van der Waals surface area contributed by atoms with Gasteiger partial charge in [0.25, 0.3) is 0 Å². The summed E-state index contributed by atoms with van der Waals surface area (Å²) in [5, 5.41) is 3.46. The van der Waals surface area contributed by atoms with Gasteiger partial charge >= 0.3 is 0 Å². The zero-order valence-electron chi connectivity index (χ0n) is 13.5. The molecule has 0 aromatic carbocycles. The molecule has 4 nitrogen and oxygen atoms in total. The van der Waals surface area contributed by atoms with Crippen molar-refractivity contribution in [2.24, 2.45) is 11.8 Å². The van der Waals surface area contributed by atoms with Gasteiger partial charge in [-0.3, -0.25) is 0 Å². The third-order valence-electron chi connectivity index (χ3n) is 5.36. The van der Waals surface area contributed by atoms with Crippen molar-refractivity contribution in [3.63, 3.8) is 0 Å². The van der Waals surface area contributed by atoms with Crippen LogP contribution in [-0.4, -0.2) is 45.7 Å². The van der Waals surface area contributed by atoms with E-state index < -0.39 is 14.6 Å². The van der Waals surface area contributed by atoms with E-state index in [4.69, 9.17) is 4.74 Å². The average Bonchev–Trinajstić information content (AvgIpc) is 2.42. The molecule has 0 saturated carbocycles. The van der Waals surface area contributed by atoms with Gasteiger partial charge in [-0.25, -0.2) is 8.42 Å². The molecule has 0 unspecified atom stereocenters. The van der Waals surface area contributed by atoms with Crippen molar-refractivity contribution in [3.05, 3.63) is 11.6 Å². The Hall–Kier alpha value is -0.390. The number of nitrogens with one attached hydrogen (secondary N) is 1. The van der Waals surface area contributed by atoms with Crippen LogP contribution >= 0.6 is 0 Å². The summed E-state index contributed by atoms with van der Waals surface area (Å²) in [5.41, 5.74) is 1.45. The van der Waals surface area contributed by atoms with Gasteiger partial charge in [0.2, 0.25) is 0 Å². The van der Waals surface area contributed by atoms with Crippen LogP contribution in [0, 0.1) is 11.8 Å². The van der Waals surface area contributed by atoms with Crippen molar-refractivity contribution < 1.29 is 13.2 Å². The zero-order chi connectivity index (χ0) is 15.5. The van der Waals surface area contributed by atoms with E-state index in [1.165, 1.54) is 24.7 Å². The number of rotatable bonds is 5. The smallest absolute Gasteiger partial charge is 0.154 e. The van der Waals surface area contributed by atoms with E-state index in [-0.39, 0.29) is 0 Å². The standard InChI is InChI=1S/C16H29NO3S/c1-13-5-4-6-14(2)15(13)11-17-12-16(21(3,18)19)7-9-20-10-8-16/h5,14-15,17H,4,6-12H2,1-3H3/t14-,15+/m1/s1. The van der Waals surface area contributed by atoms with Crippen molar-refractivity contribution in [2.75, 3.05) is 32.6 Å². The molecule has 1 fully saturated rings. The fourth-order valence-corrected chi connectivity index (χ4v) is 4.89. The molecule has 2 aliphatic rings. The predicted octanol–water partition coefficient (Wildman–Crippen LogP) is 2.16. The molecule has 5 heteroatoms. The Morgan fingerprint density at radius 1 is 1.38 bits per heavy atom. The Morgan fingerprint density at radius 3 is 2.62 bits per heavy atom. The van der Waals surface area contributed by atoms with Crippen LogP contribution in [-0.2, 0) is 14.6 Å². The normalized spacial score (nSPS) is 30.0. The minimum absolute atomic E-state index is 0.537. The molecule has 1 aliphatic carbocycles. The Labute approximate surface area is 129 Å². The molecule has 2 rings (SSSR count). The van der Waals surface area contributed by atoms with Crippen molar-refractivity contribution >= 4 is 9.84 Å². The highest BCUT2D eigenvalue weighted by atomic mass is 32.2. The highest BCUT2D eigenvalue weighted by Gasteiger charge is 2.42. The summed E-state index contributed by atoms with van der Waals surface area (Å²) >= 11 is 0. The maximum atomic E-state index is 12.2. The van der Waals surface area contributed by atoms with Gasteiger partial charge in [-0.1, -0.05) is 18.6 Å². The van der Waals surface area contributed by atoms with E-state index in [0.29, 0.717) is 44.4 Å². The maximum absolute atomic E-state index is 12.2. The predicted molar refractivity (Wildman–Crippen MR) is 86.1 cm³/mol. The Balaban J connectivity index is 1.97. The molecular formula is C16H29NO3S. The van der Waals surface area contributed by atoms with Crippen molar-refractivity contribution in [2.45, 2.75) is 44.3 Å². The molecule has 1 saturated heterocycles. The molecule has 122 valence electrons. The van der Waals surface area contributed by atoms with Gasteiger partial charge in [-0.15, -0.1) is 0 Å². The van der Waals surface area contributed by atoms with Crippen LogP contribution in [0.25, 0.3) is 0 Å². The Kier molecular flexibility index (Phi) is 5.49. The highest BCUT2D eigenvalue weighted by molar-refractivity contribution is 7.92. The number of hydrogen-bond donors (Lipinski definition) is 1. The van der Waals surface area contributed by atoms with Gasteiger partial charge in [0.15, 0.2) is 9.84 Å². The minimum atomic E-state index is -3.07. The van der Waals surface area contributed by atoms with Crippen LogP contribution in [0.1, 0.15) is 39.5 Å². The summed E-state index contributed by atoms with van der Waals surface area (Å²) in [6, 6.07) is 0. The first-order valence-corrected chi connectivity index (χ1v) is 9.90. The lowest BCUT2D eigenvalue weighted by Gasteiger charge is -2.37. The van der Waals surface area contributed by atoms with Gasteiger partial charge in [0.1, 0.15) is 0 Å². The van der Waals surface area contributed by atoms with E-state index in [0.717, 1.165) is 6.54 Å². The van der Waals surface area contributed by atoms with Gasteiger partial charge < -0.3 is 10.1 Å². The van der Waals surface area contributed by atoms with Crippen molar-refractivity contribution in [3.8, 4) is 0 Å². The molecule has 0 amide bonds. The summed E-state index contributed by atoms with van der Waals surface area (Å²) < 4.78 is 29.1. The Morgan fingerprint density at radius 2 is 2.05 bits per heavy atom. The monoisotopic (exact) mass is 315 g/mol. The fraction of sp³-hybridized carbons (Fsp3) is 0.875. The van der Waals surface area contributed by atoms with E-state index in [1.54, 1.807) is 0 Å². The molecule has 0 spiro atoms. The van der Waals surface area contributed by atoms with Crippen molar-refractivity contribution in [1.29, 1.82) is 0 Å². The average molecular weight is 315 g/mol. The summed E-state index contributed by atoms with van der Waals surface area (Å²) in [6.07, 6.45) is 7.31. The molecule has 0 bridgehead atoms. The lowest BCUT2D eigenvalue weighted by atomic mass is 9.80. The molecule has 1 N–H and O–H groups in total. The lowest BCUT2D eigenvalue weighted by Crippen LogP contribution is -2.51. The molecule has 1 heterocycles. The number of allylic oxidation sites excluding steroid dienone is 1. The number of hydrogen-bond acceptors (Lipinski definition) is 4. The molecule has 2 atom stereocenters. The van der Waals surface area contributed by atoms with Crippen molar-refractivity contribution in [1.82, 2.24) is 5.32 Å². The largest absolute Gasteiger partial charge is 0.381 e. The second-order valence-corrected chi connectivity index (χ2v) is 9.22. The second kappa shape index (κ2) is 6.80. The molecule has 0 radical (unpaired) electrons. The maximum Gasteiger partial charge on any atom is 0.154 e. The van der Waals surface area contributed by atoms with Crippen LogP contribution in [0.15, 0.2) is 11.6 Å². The first-order valence-electron chi connectivity index (χ1n) is 8.00.